The number of nitrogen functional groups attached to an aromatic ring is 1. The van der Waals surface area contributed by atoms with Crippen LogP contribution in [0.2, 0.25) is 0 Å². The third kappa shape index (κ3) is 2.06. The molecule has 5 heteroatoms. The van der Waals surface area contributed by atoms with Crippen LogP contribution < -0.4 is 10.6 Å². The van der Waals surface area contributed by atoms with E-state index in [2.05, 4.69) is 5.92 Å². The van der Waals surface area contributed by atoms with Gasteiger partial charge in [0, 0.05) is 7.05 Å². The number of rotatable bonds is 3. The first-order chi connectivity index (χ1) is 7.49. The van der Waals surface area contributed by atoms with E-state index in [0.29, 0.717) is 5.69 Å². The van der Waals surface area contributed by atoms with E-state index >= 15 is 0 Å². The number of benzene rings is 1. The SMILES string of the molecule is C#CCN(C)c1ccc(F)c(N)c1C(=O)O. The van der Waals surface area contributed by atoms with Crippen LogP contribution in [-0.2, 0) is 0 Å². The number of halogens is 1. The van der Waals surface area contributed by atoms with Gasteiger partial charge in [0.05, 0.1) is 17.9 Å². The van der Waals surface area contributed by atoms with Crippen molar-refractivity contribution >= 4 is 17.3 Å². The Morgan fingerprint density at radius 3 is 2.81 bits per heavy atom. The average molecular weight is 222 g/mol. The lowest BCUT2D eigenvalue weighted by atomic mass is 10.1. The average Bonchev–Trinajstić information content (AvgIpc) is 2.21. The fourth-order valence-electron chi connectivity index (χ4n) is 1.35. The summed E-state index contributed by atoms with van der Waals surface area (Å²) < 4.78 is 13.1. The van der Waals surface area contributed by atoms with Gasteiger partial charge in [0.1, 0.15) is 11.4 Å². The van der Waals surface area contributed by atoms with Gasteiger partial charge in [-0.25, -0.2) is 9.18 Å². The van der Waals surface area contributed by atoms with Crippen molar-refractivity contribution in [1.29, 1.82) is 0 Å². The van der Waals surface area contributed by atoms with Crippen LogP contribution in [0.1, 0.15) is 10.4 Å². The summed E-state index contributed by atoms with van der Waals surface area (Å²) in [6.07, 6.45) is 5.12. The number of carboxylic acid groups (broad SMARTS) is 1. The quantitative estimate of drug-likeness (QED) is 0.595. The molecule has 1 aromatic carbocycles. The summed E-state index contributed by atoms with van der Waals surface area (Å²) in [7, 11) is 1.61. The van der Waals surface area contributed by atoms with Crippen LogP contribution in [0.3, 0.4) is 0 Å². The third-order valence-electron chi connectivity index (χ3n) is 2.12. The summed E-state index contributed by atoms with van der Waals surface area (Å²) in [5.41, 5.74) is 5.03. The summed E-state index contributed by atoms with van der Waals surface area (Å²) in [5, 5.41) is 8.96. The van der Waals surface area contributed by atoms with Gasteiger partial charge in [0.25, 0.3) is 0 Å². The molecular weight excluding hydrogens is 211 g/mol. The van der Waals surface area contributed by atoms with E-state index in [1.807, 2.05) is 0 Å². The van der Waals surface area contributed by atoms with Crippen LogP contribution in [0.25, 0.3) is 0 Å². The minimum absolute atomic E-state index is 0.214. The van der Waals surface area contributed by atoms with Gasteiger partial charge in [-0.2, -0.15) is 0 Å². The fourth-order valence-corrected chi connectivity index (χ4v) is 1.35. The number of terminal acetylenes is 1. The number of nitrogens with zero attached hydrogens (tertiary/aromatic N) is 1. The maximum atomic E-state index is 13.1. The molecule has 16 heavy (non-hydrogen) atoms. The first-order valence-electron chi connectivity index (χ1n) is 4.45. The number of hydrogen-bond acceptors (Lipinski definition) is 3. The molecule has 0 aliphatic carbocycles. The van der Waals surface area contributed by atoms with Crippen molar-refractivity contribution in [2.24, 2.45) is 0 Å². The van der Waals surface area contributed by atoms with Crippen LogP contribution in [0, 0.1) is 18.2 Å². The summed E-state index contributed by atoms with van der Waals surface area (Å²) in [6, 6.07) is 2.45. The number of carboxylic acids is 1. The van der Waals surface area contributed by atoms with Crippen molar-refractivity contribution in [3.63, 3.8) is 0 Å². The molecule has 0 aliphatic heterocycles. The second kappa shape index (κ2) is 4.53. The first-order valence-corrected chi connectivity index (χ1v) is 4.45. The van der Waals surface area contributed by atoms with Crippen molar-refractivity contribution in [1.82, 2.24) is 0 Å². The standard InChI is InChI=1S/C11H11FN2O2/c1-3-6-14(2)8-5-4-7(12)10(13)9(8)11(15)16/h1,4-5H,6,13H2,2H3,(H,15,16). The molecule has 0 heterocycles. The van der Waals surface area contributed by atoms with Gasteiger partial charge in [-0.15, -0.1) is 6.42 Å². The van der Waals surface area contributed by atoms with Crippen LogP contribution in [0.15, 0.2) is 12.1 Å². The molecule has 1 aromatic rings. The van der Waals surface area contributed by atoms with Crippen molar-refractivity contribution in [3.05, 3.63) is 23.5 Å². The number of hydrogen-bond donors (Lipinski definition) is 2. The summed E-state index contributed by atoms with van der Waals surface area (Å²) in [5.74, 6) is 0.329. The molecule has 0 fully saturated rings. The second-order valence-electron chi connectivity index (χ2n) is 3.22. The molecule has 0 atom stereocenters. The molecule has 84 valence electrons. The maximum Gasteiger partial charge on any atom is 0.340 e. The van der Waals surface area contributed by atoms with Gasteiger partial charge in [-0.05, 0) is 12.1 Å². The zero-order valence-corrected chi connectivity index (χ0v) is 8.70. The monoisotopic (exact) mass is 222 g/mol. The highest BCUT2D eigenvalue weighted by atomic mass is 19.1. The highest BCUT2D eigenvalue weighted by Gasteiger charge is 2.19. The number of nitrogens with two attached hydrogens (primary N) is 1. The minimum Gasteiger partial charge on any atom is -0.478 e. The van der Waals surface area contributed by atoms with Gasteiger partial charge in [-0.3, -0.25) is 0 Å². The highest BCUT2D eigenvalue weighted by molar-refractivity contribution is 6.00. The third-order valence-corrected chi connectivity index (χ3v) is 2.12. The van der Waals surface area contributed by atoms with Crippen LogP contribution in [-0.4, -0.2) is 24.7 Å². The Morgan fingerprint density at radius 1 is 1.69 bits per heavy atom. The van der Waals surface area contributed by atoms with Gasteiger partial charge in [0.2, 0.25) is 0 Å². The zero-order chi connectivity index (χ0) is 12.3. The Balaban J connectivity index is 3.35. The second-order valence-corrected chi connectivity index (χ2v) is 3.22. The van der Waals surface area contributed by atoms with Gasteiger partial charge >= 0.3 is 5.97 Å². The smallest absolute Gasteiger partial charge is 0.340 e. The predicted molar refractivity (Wildman–Crippen MR) is 59.9 cm³/mol. The molecule has 0 aromatic heterocycles. The lowest BCUT2D eigenvalue weighted by molar-refractivity contribution is 0.0698. The topological polar surface area (TPSA) is 66.6 Å². The molecule has 4 nitrogen and oxygen atoms in total. The summed E-state index contributed by atoms with van der Waals surface area (Å²) >= 11 is 0. The Hall–Kier alpha value is -2.22. The van der Waals surface area contributed by atoms with Crippen LogP contribution in [0.4, 0.5) is 15.8 Å². The van der Waals surface area contributed by atoms with Crippen molar-refractivity contribution in [2.75, 3.05) is 24.2 Å². The van der Waals surface area contributed by atoms with Crippen molar-refractivity contribution in [3.8, 4) is 12.3 Å². The molecule has 0 bridgehead atoms. The molecule has 0 amide bonds. The van der Waals surface area contributed by atoms with Gasteiger partial charge in [0.15, 0.2) is 0 Å². The largest absolute Gasteiger partial charge is 0.478 e. The lowest BCUT2D eigenvalue weighted by Gasteiger charge is -2.19. The summed E-state index contributed by atoms with van der Waals surface area (Å²) in [4.78, 5) is 12.5. The Labute approximate surface area is 92.5 Å². The Morgan fingerprint density at radius 2 is 2.31 bits per heavy atom. The molecule has 0 saturated heterocycles. The molecule has 0 spiro atoms. The van der Waals surface area contributed by atoms with E-state index in [1.54, 1.807) is 7.05 Å². The Bertz CT molecular complexity index is 466. The van der Waals surface area contributed by atoms with E-state index in [0.717, 1.165) is 6.07 Å². The van der Waals surface area contributed by atoms with Crippen LogP contribution >= 0.6 is 0 Å². The number of anilines is 2. The molecule has 0 unspecified atom stereocenters. The van der Waals surface area contributed by atoms with Crippen LogP contribution in [0.5, 0.6) is 0 Å². The molecule has 1 rings (SSSR count). The minimum atomic E-state index is -1.28. The molecule has 3 N–H and O–H groups in total. The van der Waals surface area contributed by atoms with Gasteiger partial charge in [-0.1, -0.05) is 5.92 Å². The van der Waals surface area contributed by atoms with E-state index in [1.165, 1.54) is 11.0 Å². The lowest BCUT2D eigenvalue weighted by Crippen LogP contribution is -2.21. The first kappa shape index (κ1) is 11.9. The van der Waals surface area contributed by atoms with E-state index in [9.17, 15) is 9.18 Å². The predicted octanol–water partition coefficient (Wildman–Crippen LogP) is 1.18. The molecule has 0 radical (unpaired) electrons. The molecular formula is C11H11FN2O2. The molecule has 0 saturated carbocycles. The zero-order valence-electron chi connectivity index (χ0n) is 8.70. The Kier molecular flexibility index (Phi) is 3.36. The van der Waals surface area contributed by atoms with Crippen molar-refractivity contribution < 1.29 is 14.3 Å². The highest BCUT2D eigenvalue weighted by Crippen LogP contribution is 2.27. The number of carbonyl (C=O) groups is 1. The summed E-state index contributed by atoms with van der Waals surface area (Å²) in [6.45, 7) is 0.214. The number of aromatic carboxylic acids is 1. The van der Waals surface area contributed by atoms with E-state index in [-0.39, 0.29) is 17.8 Å². The van der Waals surface area contributed by atoms with Crippen molar-refractivity contribution in [2.45, 2.75) is 0 Å². The maximum absolute atomic E-state index is 13.1. The van der Waals surface area contributed by atoms with E-state index in [4.69, 9.17) is 17.3 Å². The molecule has 0 aliphatic rings. The van der Waals surface area contributed by atoms with E-state index < -0.39 is 11.8 Å². The van der Waals surface area contributed by atoms with Gasteiger partial charge < -0.3 is 15.7 Å². The normalized spacial score (nSPS) is 9.56. The fraction of sp³-hybridized carbons (Fsp3) is 0.182.